The molecule has 29 heavy (non-hydrogen) atoms. The Bertz CT molecular complexity index is 1120. The monoisotopic (exact) mass is 417 g/mol. The molecule has 0 radical (unpaired) electrons. The van der Waals surface area contributed by atoms with Gasteiger partial charge in [-0.1, -0.05) is 26.0 Å². The van der Waals surface area contributed by atoms with Gasteiger partial charge in [0.25, 0.3) is 5.16 Å². The van der Waals surface area contributed by atoms with Crippen LogP contribution in [0, 0.1) is 0 Å². The number of aromatic nitrogens is 4. The standard InChI is InChI=1S/C20H27N5O3S/c1-12(2)17-11-21-25-18(17)23-20(29(6,26)27)24-19(25)22-14(5)15-8-7-9-16(10-15)28-13(3)4/h7-14H,1-6H3,(H,22,23,24)/t14-/m0/s1. The van der Waals surface area contributed by atoms with Gasteiger partial charge in [0.1, 0.15) is 5.75 Å². The molecule has 1 atom stereocenters. The van der Waals surface area contributed by atoms with Gasteiger partial charge in [-0.2, -0.15) is 19.6 Å². The van der Waals surface area contributed by atoms with Gasteiger partial charge in [0.15, 0.2) is 5.65 Å². The minimum atomic E-state index is -3.58. The second-order valence-electron chi connectivity index (χ2n) is 7.70. The van der Waals surface area contributed by atoms with Gasteiger partial charge in [-0.15, -0.1) is 0 Å². The number of ether oxygens (including phenoxy) is 1. The lowest BCUT2D eigenvalue weighted by molar-refractivity contribution is 0.242. The zero-order valence-electron chi connectivity index (χ0n) is 17.5. The highest BCUT2D eigenvalue weighted by atomic mass is 32.2. The van der Waals surface area contributed by atoms with E-state index in [0.29, 0.717) is 11.6 Å². The maximum atomic E-state index is 12.1. The fraction of sp³-hybridized carbons (Fsp3) is 0.450. The smallest absolute Gasteiger partial charge is 0.252 e. The summed E-state index contributed by atoms with van der Waals surface area (Å²) >= 11 is 0. The van der Waals surface area contributed by atoms with Crippen LogP contribution in [0.2, 0.25) is 0 Å². The van der Waals surface area contributed by atoms with E-state index in [2.05, 4.69) is 20.4 Å². The van der Waals surface area contributed by atoms with E-state index >= 15 is 0 Å². The van der Waals surface area contributed by atoms with Crippen LogP contribution in [0.3, 0.4) is 0 Å². The second-order valence-corrected chi connectivity index (χ2v) is 9.61. The molecule has 3 rings (SSSR count). The lowest BCUT2D eigenvalue weighted by atomic mass is 10.1. The maximum absolute atomic E-state index is 12.1. The molecule has 9 heteroatoms. The minimum Gasteiger partial charge on any atom is -0.491 e. The Balaban J connectivity index is 2.03. The summed E-state index contributed by atoms with van der Waals surface area (Å²) in [6.07, 6.45) is 2.88. The average molecular weight is 418 g/mol. The molecule has 156 valence electrons. The molecule has 0 aliphatic carbocycles. The van der Waals surface area contributed by atoms with Gasteiger partial charge in [-0.25, -0.2) is 8.42 Å². The van der Waals surface area contributed by atoms with Gasteiger partial charge in [0.05, 0.1) is 18.3 Å². The highest BCUT2D eigenvalue weighted by molar-refractivity contribution is 7.90. The number of hydrogen-bond acceptors (Lipinski definition) is 7. The van der Waals surface area contributed by atoms with E-state index in [1.165, 1.54) is 0 Å². The minimum absolute atomic E-state index is 0.0749. The number of fused-ring (bicyclic) bond motifs is 1. The van der Waals surface area contributed by atoms with Gasteiger partial charge in [-0.3, -0.25) is 0 Å². The van der Waals surface area contributed by atoms with Crippen LogP contribution in [0.15, 0.2) is 35.6 Å². The molecular weight excluding hydrogens is 390 g/mol. The molecule has 0 aliphatic heterocycles. The van der Waals surface area contributed by atoms with E-state index in [0.717, 1.165) is 23.1 Å². The zero-order valence-corrected chi connectivity index (χ0v) is 18.4. The van der Waals surface area contributed by atoms with E-state index in [1.54, 1.807) is 10.7 Å². The third-order valence-electron chi connectivity index (χ3n) is 4.40. The molecule has 0 unspecified atom stereocenters. The van der Waals surface area contributed by atoms with Crippen molar-refractivity contribution in [1.29, 1.82) is 0 Å². The molecule has 1 aromatic carbocycles. The lowest BCUT2D eigenvalue weighted by Crippen LogP contribution is -2.16. The Labute approximate surface area is 171 Å². The van der Waals surface area contributed by atoms with Crippen LogP contribution in [-0.4, -0.2) is 40.4 Å². The van der Waals surface area contributed by atoms with Crippen LogP contribution in [0.5, 0.6) is 5.75 Å². The molecule has 8 nitrogen and oxygen atoms in total. The predicted octanol–water partition coefficient (Wildman–Crippen LogP) is 3.61. The van der Waals surface area contributed by atoms with Gasteiger partial charge < -0.3 is 10.1 Å². The zero-order chi connectivity index (χ0) is 21.3. The number of sulfone groups is 1. The van der Waals surface area contributed by atoms with Crippen LogP contribution >= 0.6 is 0 Å². The first-order chi connectivity index (χ1) is 13.6. The van der Waals surface area contributed by atoms with E-state index in [9.17, 15) is 8.42 Å². The number of anilines is 1. The normalized spacial score (nSPS) is 13.2. The van der Waals surface area contributed by atoms with Crippen molar-refractivity contribution >= 4 is 21.4 Å². The quantitative estimate of drug-likeness (QED) is 0.627. The van der Waals surface area contributed by atoms with E-state index < -0.39 is 9.84 Å². The van der Waals surface area contributed by atoms with Crippen molar-refractivity contribution in [1.82, 2.24) is 19.6 Å². The summed E-state index contributed by atoms with van der Waals surface area (Å²) in [7, 11) is -3.58. The maximum Gasteiger partial charge on any atom is 0.252 e. The molecule has 2 aromatic heterocycles. The topological polar surface area (TPSA) is 98.5 Å². The van der Waals surface area contributed by atoms with Crippen LogP contribution in [-0.2, 0) is 9.84 Å². The van der Waals surface area contributed by atoms with Crippen LogP contribution in [0.4, 0.5) is 5.95 Å². The Hall–Kier alpha value is -2.68. The third-order valence-corrected chi connectivity index (χ3v) is 5.25. The summed E-state index contributed by atoms with van der Waals surface area (Å²) in [4.78, 5) is 8.50. The van der Waals surface area contributed by atoms with Gasteiger partial charge in [-0.05, 0) is 44.4 Å². The largest absolute Gasteiger partial charge is 0.491 e. The Kier molecular flexibility index (Phi) is 5.79. The van der Waals surface area contributed by atoms with Crippen molar-refractivity contribution in [2.75, 3.05) is 11.6 Å². The molecule has 1 N–H and O–H groups in total. The number of benzene rings is 1. The van der Waals surface area contributed by atoms with Crippen molar-refractivity contribution in [3.63, 3.8) is 0 Å². The van der Waals surface area contributed by atoms with Crippen molar-refractivity contribution < 1.29 is 13.2 Å². The molecule has 2 heterocycles. The summed E-state index contributed by atoms with van der Waals surface area (Å²) in [5, 5.41) is 7.43. The molecule has 0 bridgehead atoms. The molecule has 0 spiro atoms. The van der Waals surface area contributed by atoms with E-state index in [4.69, 9.17) is 4.74 Å². The Morgan fingerprint density at radius 1 is 1.10 bits per heavy atom. The van der Waals surface area contributed by atoms with E-state index in [1.807, 2.05) is 58.9 Å². The van der Waals surface area contributed by atoms with E-state index in [-0.39, 0.29) is 23.2 Å². The summed E-state index contributed by atoms with van der Waals surface area (Å²) in [5.74, 6) is 1.24. The van der Waals surface area contributed by atoms with Crippen LogP contribution in [0.1, 0.15) is 57.7 Å². The predicted molar refractivity (Wildman–Crippen MR) is 112 cm³/mol. The van der Waals surface area contributed by atoms with Crippen LogP contribution in [0.25, 0.3) is 5.65 Å². The summed E-state index contributed by atoms with van der Waals surface area (Å²) in [6.45, 7) is 9.94. The van der Waals surface area contributed by atoms with Gasteiger partial charge in [0, 0.05) is 11.8 Å². The van der Waals surface area contributed by atoms with Crippen molar-refractivity contribution in [3.8, 4) is 5.75 Å². The molecule has 0 amide bonds. The third kappa shape index (κ3) is 4.67. The fourth-order valence-electron chi connectivity index (χ4n) is 2.95. The molecule has 3 aromatic rings. The van der Waals surface area contributed by atoms with Crippen molar-refractivity contribution in [2.24, 2.45) is 0 Å². The molecule has 0 aliphatic rings. The lowest BCUT2D eigenvalue weighted by Gasteiger charge is -2.18. The summed E-state index contributed by atoms with van der Waals surface area (Å²) in [5.41, 5.74) is 2.33. The molecule has 0 saturated heterocycles. The van der Waals surface area contributed by atoms with Crippen LogP contribution < -0.4 is 10.1 Å². The SMILES string of the molecule is CC(C)Oc1cccc([C@H](C)Nc2nc(S(C)(=O)=O)nc3c(C(C)C)cnn23)c1. The highest BCUT2D eigenvalue weighted by Gasteiger charge is 2.21. The average Bonchev–Trinajstić information content (AvgIpc) is 3.05. The molecule has 0 saturated carbocycles. The summed E-state index contributed by atoms with van der Waals surface area (Å²) < 4.78 is 31.6. The number of hydrogen-bond donors (Lipinski definition) is 1. The number of nitrogens with zero attached hydrogens (tertiary/aromatic N) is 4. The van der Waals surface area contributed by atoms with Crippen molar-refractivity contribution in [2.45, 2.75) is 57.8 Å². The Morgan fingerprint density at radius 3 is 2.45 bits per heavy atom. The molecular formula is C20H27N5O3S. The second kappa shape index (κ2) is 7.98. The molecule has 0 fully saturated rings. The first-order valence-corrected chi connectivity index (χ1v) is 11.4. The van der Waals surface area contributed by atoms with Crippen molar-refractivity contribution in [3.05, 3.63) is 41.6 Å². The van der Waals surface area contributed by atoms with Gasteiger partial charge in [0.2, 0.25) is 15.8 Å². The Morgan fingerprint density at radius 2 is 1.83 bits per heavy atom. The number of rotatable bonds is 7. The first-order valence-electron chi connectivity index (χ1n) is 9.55. The number of nitrogens with one attached hydrogen (secondary N) is 1. The van der Waals surface area contributed by atoms with Gasteiger partial charge >= 0.3 is 0 Å². The fourth-order valence-corrected chi connectivity index (χ4v) is 3.45. The first kappa shape index (κ1) is 21.0. The highest BCUT2D eigenvalue weighted by Crippen LogP contribution is 2.26. The summed E-state index contributed by atoms with van der Waals surface area (Å²) in [6, 6.07) is 7.60.